The van der Waals surface area contributed by atoms with Gasteiger partial charge in [-0.15, -0.1) is 0 Å². The SMILES string of the molecule is Cc1ccc(C)c(C2(C)CNc3ccccc32)c1. The van der Waals surface area contributed by atoms with E-state index in [9.17, 15) is 0 Å². The van der Waals surface area contributed by atoms with Gasteiger partial charge in [-0.2, -0.15) is 0 Å². The molecule has 1 atom stereocenters. The molecule has 0 spiro atoms. The average Bonchev–Trinajstić information content (AvgIpc) is 2.72. The number of nitrogens with one attached hydrogen (secondary N) is 1. The van der Waals surface area contributed by atoms with E-state index in [1.807, 2.05) is 0 Å². The minimum Gasteiger partial charge on any atom is -0.384 e. The third-order valence-corrected chi connectivity index (χ3v) is 4.14. The van der Waals surface area contributed by atoms with Gasteiger partial charge in [-0.1, -0.05) is 42.0 Å². The van der Waals surface area contributed by atoms with Gasteiger partial charge in [0, 0.05) is 17.6 Å². The predicted molar refractivity (Wildman–Crippen MR) is 77.3 cm³/mol. The first-order valence-corrected chi connectivity index (χ1v) is 6.52. The molecule has 1 aliphatic rings. The highest BCUT2D eigenvalue weighted by Crippen LogP contribution is 2.42. The van der Waals surface area contributed by atoms with Crippen LogP contribution < -0.4 is 5.32 Å². The molecule has 0 aliphatic carbocycles. The zero-order valence-corrected chi connectivity index (χ0v) is 11.2. The average molecular weight is 237 g/mol. The zero-order chi connectivity index (χ0) is 12.8. The van der Waals surface area contributed by atoms with Crippen molar-refractivity contribution in [3.63, 3.8) is 0 Å². The van der Waals surface area contributed by atoms with Gasteiger partial charge >= 0.3 is 0 Å². The Hall–Kier alpha value is -1.76. The lowest BCUT2D eigenvalue weighted by atomic mass is 9.75. The largest absolute Gasteiger partial charge is 0.384 e. The summed E-state index contributed by atoms with van der Waals surface area (Å²) >= 11 is 0. The van der Waals surface area contributed by atoms with Crippen LogP contribution >= 0.6 is 0 Å². The van der Waals surface area contributed by atoms with Crippen LogP contribution in [0, 0.1) is 13.8 Å². The Morgan fingerprint density at radius 2 is 1.78 bits per heavy atom. The van der Waals surface area contributed by atoms with Gasteiger partial charge in [-0.3, -0.25) is 0 Å². The van der Waals surface area contributed by atoms with E-state index < -0.39 is 0 Å². The highest BCUT2D eigenvalue weighted by Gasteiger charge is 2.36. The van der Waals surface area contributed by atoms with Gasteiger partial charge < -0.3 is 5.32 Å². The van der Waals surface area contributed by atoms with Crippen molar-refractivity contribution in [3.8, 4) is 0 Å². The van der Waals surface area contributed by atoms with E-state index in [4.69, 9.17) is 0 Å². The second-order valence-electron chi connectivity index (χ2n) is 5.55. The lowest BCUT2D eigenvalue weighted by Gasteiger charge is -2.27. The molecule has 0 bridgehead atoms. The van der Waals surface area contributed by atoms with Crippen molar-refractivity contribution >= 4 is 5.69 Å². The molecule has 1 nitrogen and oxygen atoms in total. The first kappa shape index (κ1) is 11.3. The number of anilines is 1. The summed E-state index contributed by atoms with van der Waals surface area (Å²) in [5.74, 6) is 0. The van der Waals surface area contributed by atoms with Gasteiger partial charge in [0.25, 0.3) is 0 Å². The van der Waals surface area contributed by atoms with Crippen LogP contribution in [0.15, 0.2) is 42.5 Å². The highest BCUT2D eigenvalue weighted by atomic mass is 14.9. The van der Waals surface area contributed by atoms with E-state index in [0.717, 1.165) is 6.54 Å². The summed E-state index contributed by atoms with van der Waals surface area (Å²) in [5.41, 5.74) is 6.94. The molecular formula is C17H19N. The normalized spacial score (nSPS) is 21.5. The fourth-order valence-corrected chi connectivity index (χ4v) is 3.06. The van der Waals surface area contributed by atoms with Crippen molar-refractivity contribution in [2.45, 2.75) is 26.2 Å². The summed E-state index contributed by atoms with van der Waals surface area (Å²) in [6, 6.07) is 15.4. The van der Waals surface area contributed by atoms with E-state index in [0.29, 0.717) is 0 Å². The van der Waals surface area contributed by atoms with Gasteiger partial charge in [0.1, 0.15) is 0 Å². The number of hydrogen-bond donors (Lipinski definition) is 1. The summed E-state index contributed by atoms with van der Waals surface area (Å²) in [6.07, 6.45) is 0. The van der Waals surface area contributed by atoms with Crippen molar-refractivity contribution in [3.05, 3.63) is 64.7 Å². The summed E-state index contributed by atoms with van der Waals surface area (Å²) < 4.78 is 0. The van der Waals surface area contributed by atoms with Crippen molar-refractivity contribution in [2.24, 2.45) is 0 Å². The molecule has 0 saturated heterocycles. The topological polar surface area (TPSA) is 12.0 Å². The van der Waals surface area contributed by atoms with E-state index >= 15 is 0 Å². The molecule has 0 amide bonds. The second kappa shape index (κ2) is 3.88. The first-order chi connectivity index (χ1) is 8.61. The molecule has 0 saturated carbocycles. The van der Waals surface area contributed by atoms with E-state index in [1.54, 1.807) is 0 Å². The maximum Gasteiger partial charge on any atom is 0.0382 e. The van der Waals surface area contributed by atoms with Crippen LogP contribution in [0.25, 0.3) is 0 Å². The van der Waals surface area contributed by atoms with Crippen LogP contribution in [-0.4, -0.2) is 6.54 Å². The molecular weight excluding hydrogens is 218 g/mol. The Kier molecular flexibility index (Phi) is 2.44. The first-order valence-electron chi connectivity index (χ1n) is 6.52. The molecule has 1 heteroatoms. The standard InChI is InChI=1S/C17H19N/c1-12-8-9-13(2)15(10-12)17(3)11-18-16-7-5-4-6-14(16)17/h4-10,18H,11H2,1-3H3. The van der Waals surface area contributed by atoms with Crippen LogP contribution in [0.5, 0.6) is 0 Å². The van der Waals surface area contributed by atoms with Crippen LogP contribution in [0.3, 0.4) is 0 Å². The maximum absolute atomic E-state index is 3.54. The van der Waals surface area contributed by atoms with Gasteiger partial charge in [-0.25, -0.2) is 0 Å². The summed E-state index contributed by atoms with van der Waals surface area (Å²) in [5, 5.41) is 3.54. The van der Waals surface area contributed by atoms with E-state index in [-0.39, 0.29) is 5.41 Å². The minimum atomic E-state index is 0.0900. The summed E-state index contributed by atoms with van der Waals surface area (Å²) in [4.78, 5) is 0. The smallest absolute Gasteiger partial charge is 0.0382 e. The monoisotopic (exact) mass is 237 g/mol. The van der Waals surface area contributed by atoms with E-state index in [1.165, 1.54) is 27.9 Å². The Morgan fingerprint density at radius 3 is 2.61 bits per heavy atom. The quantitative estimate of drug-likeness (QED) is 0.789. The van der Waals surface area contributed by atoms with Crippen molar-refractivity contribution in [2.75, 3.05) is 11.9 Å². The molecule has 0 fully saturated rings. The second-order valence-corrected chi connectivity index (χ2v) is 5.55. The molecule has 92 valence electrons. The Morgan fingerprint density at radius 1 is 1.00 bits per heavy atom. The lowest BCUT2D eigenvalue weighted by molar-refractivity contribution is 0.630. The molecule has 2 aromatic carbocycles. The fraction of sp³-hybridized carbons (Fsp3) is 0.294. The van der Waals surface area contributed by atoms with Crippen LogP contribution in [0.2, 0.25) is 0 Å². The molecule has 2 aromatic rings. The number of benzene rings is 2. The van der Waals surface area contributed by atoms with Crippen LogP contribution in [0.1, 0.15) is 29.2 Å². The molecule has 1 heterocycles. The van der Waals surface area contributed by atoms with Crippen molar-refractivity contribution in [1.82, 2.24) is 0 Å². The Balaban J connectivity index is 2.20. The van der Waals surface area contributed by atoms with Crippen LogP contribution in [0.4, 0.5) is 5.69 Å². The molecule has 18 heavy (non-hydrogen) atoms. The number of rotatable bonds is 1. The van der Waals surface area contributed by atoms with Gasteiger partial charge in [0.15, 0.2) is 0 Å². The maximum atomic E-state index is 3.54. The summed E-state index contributed by atoms with van der Waals surface area (Å²) in [7, 11) is 0. The Bertz CT molecular complexity index is 600. The van der Waals surface area contributed by atoms with Crippen molar-refractivity contribution in [1.29, 1.82) is 0 Å². The molecule has 1 unspecified atom stereocenters. The molecule has 3 rings (SSSR count). The van der Waals surface area contributed by atoms with Gasteiger partial charge in [0.2, 0.25) is 0 Å². The number of fused-ring (bicyclic) bond motifs is 1. The predicted octanol–water partition coefficient (Wildman–Crippen LogP) is 4.03. The lowest BCUT2D eigenvalue weighted by Crippen LogP contribution is -2.27. The van der Waals surface area contributed by atoms with Gasteiger partial charge in [0.05, 0.1) is 0 Å². The van der Waals surface area contributed by atoms with Crippen molar-refractivity contribution < 1.29 is 0 Å². The molecule has 1 aliphatic heterocycles. The summed E-state index contributed by atoms with van der Waals surface area (Å²) in [6.45, 7) is 7.70. The van der Waals surface area contributed by atoms with Crippen LogP contribution in [-0.2, 0) is 5.41 Å². The number of hydrogen-bond acceptors (Lipinski definition) is 1. The molecule has 0 aromatic heterocycles. The Labute approximate surface area is 109 Å². The minimum absolute atomic E-state index is 0.0900. The highest BCUT2D eigenvalue weighted by molar-refractivity contribution is 5.64. The molecule has 1 N–H and O–H groups in total. The zero-order valence-electron chi connectivity index (χ0n) is 11.2. The molecule has 0 radical (unpaired) electrons. The van der Waals surface area contributed by atoms with Gasteiger partial charge in [-0.05, 0) is 43.5 Å². The fourth-order valence-electron chi connectivity index (χ4n) is 3.06. The third-order valence-electron chi connectivity index (χ3n) is 4.14. The van der Waals surface area contributed by atoms with E-state index in [2.05, 4.69) is 68.6 Å². The number of para-hydroxylation sites is 1. The number of aryl methyl sites for hydroxylation is 2. The third kappa shape index (κ3) is 1.54.